The third-order valence-corrected chi connectivity index (χ3v) is 7.18. The van der Waals surface area contributed by atoms with Crippen molar-refractivity contribution in [1.29, 1.82) is 0 Å². The van der Waals surface area contributed by atoms with Gasteiger partial charge in [-0.15, -0.1) is 0 Å². The zero-order valence-corrected chi connectivity index (χ0v) is 22.6. The van der Waals surface area contributed by atoms with Crippen molar-refractivity contribution in [3.05, 3.63) is 70.8 Å². The summed E-state index contributed by atoms with van der Waals surface area (Å²) in [5.41, 5.74) is 4.59. The van der Waals surface area contributed by atoms with Gasteiger partial charge in [-0.3, -0.25) is 4.79 Å². The number of carbonyl (C=O) groups is 1. The van der Waals surface area contributed by atoms with E-state index in [0.29, 0.717) is 5.56 Å². The largest absolute Gasteiger partial charge is 0.390 e. The minimum atomic E-state index is -1.00. The molecule has 1 amide bonds. The van der Waals surface area contributed by atoms with E-state index in [0.717, 1.165) is 37.3 Å². The summed E-state index contributed by atoms with van der Waals surface area (Å²) in [6, 6.07) is 10.9. The number of aliphatic hydroxyl groups excluding tert-OH is 1. The Labute approximate surface area is 223 Å². The summed E-state index contributed by atoms with van der Waals surface area (Å²) in [7, 11) is 0. The lowest BCUT2D eigenvalue weighted by atomic mass is 9.73. The topological polar surface area (TPSA) is 140 Å². The van der Waals surface area contributed by atoms with Crippen LogP contribution >= 0.6 is 0 Å². The molecule has 0 radical (unpaired) electrons. The maximum atomic E-state index is 13.7. The second-order valence-corrected chi connectivity index (χ2v) is 11.1. The summed E-state index contributed by atoms with van der Waals surface area (Å²) in [5, 5.41) is 33.4. The standard InChI is InChI=1S/C28H39F2N3O3.H3NO/c1-18(34)32-25(14-19-12-22(29)16-23(30)13-19)26(35)17-31-28(10-8-24(33-36)9-11-28)21-7-5-6-20(15-21)27(2,3)4;1-2/h5-7,12-13,15-16,24-26,31,33,35-36H,8-11,14,17H2,1-4H3,(H,32,34);2H,1H2/t24?,25-,26+,28?;/m0./s1. The van der Waals surface area contributed by atoms with Crippen LogP contribution in [0.1, 0.15) is 70.1 Å². The molecular formula is C28H42F2N4O4. The second-order valence-electron chi connectivity index (χ2n) is 11.1. The smallest absolute Gasteiger partial charge is 0.217 e. The van der Waals surface area contributed by atoms with Gasteiger partial charge in [0.1, 0.15) is 11.6 Å². The van der Waals surface area contributed by atoms with Gasteiger partial charge in [-0.2, -0.15) is 0 Å². The van der Waals surface area contributed by atoms with Gasteiger partial charge in [0.2, 0.25) is 5.91 Å². The van der Waals surface area contributed by atoms with Gasteiger partial charge in [0.05, 0.1) is 12.1 Å². The van der Waals surface area contributed by atoms with Crippen LogP contribution in [0.4, 0.5) is 8.78 Å². The number of hydrogen-bond donors (Lipinski definition) is 7. The number of halogens is 2. The molecule has 2 atom stereocenters. The molecule has 1 saturated carbocycles. The van der Waals surface area contributed by atoms with Crippen LogP contribution in [0, 0.1) is 11.6 Å². The Morgan fingerprint density at radius 1 is 1.11 bits per heavy atom. The molecule has 38 heavy (non-hydrogen) atoms. The number of rotatable bonds is 9. The normalized spacial score (nSPS) is 21.2. The first-order valence-corrected chi connectivity index (χ1v) is 12.8. The lowest BCUT2D eigenvalue weighted by Gasteiger charge is -2.42. The lowest BCUT2D eigenvalue weighted by molar-refractivity contribution is -0.120. The SMILES string of the molecule is CC(=O)N[C@@H](Cc1cc(F)cc(F)c1)[C@H](O)CNC1(c2cccc(C(C)(C)C)c2)CCC(NO)CC1.NO. The van der Waals surface area contributed by atoms with E-state index in [1.165, 1.54) is 24.6 Å². The number of aliphatic hydroxyl groups is 1. The fraction of sp³-hybridized carbons (Fsp3) is 0.536. The molecule has 2 aromatic rings. The Morgan fingerprint density at radius 2 is 1.71 bits per heavy atom. The number of amides is 1. The molecule has 0 heterocycles. The van der Waals surface area contributed by atoms with Crippen molar-refractivity contribution >= 4 is 5.91 Å². The third kappa shape index (κ3) is 8.79. The molecule has 1 aliphatic rings. The highest BCUT2D eigenvalue weighted by Gasteiger charge is 2.38. The number of nitrogens with two attached hydrogens (primary N) is 1. The highest BCUT2D eigenvalue weighted by atomic mass is 19.1. The minimum absolute atomic E-state index is 0.00523. The average Bonchev–Trinajstić information content (AvgIpc) is 2.87. The van der Waals surface area contributed by atoms with Gasteiger partial charge in [0.25, 0.3) is 0 Å². The highest BCUT2D eigenvalue weighted by Crippen LogP contribution is 2.39. The second kappa shape index (κ2) is 14.1. The van der Waals surface area contributed by atoms with Crippen molar-refractivity contribution < 1.29 is 29.1 Å². The maximum Gasteiger partial charge on any atom is 0.217 e. The molecule has 0 aliphatic heterocycles. The zero-order chi connectivity index (χ0) is 28.5. The molecule has 8 nitrogen and oxygen atoms in total. The van der Waals surface area contributed by atoms with E-state index in [1.54, 1.807) is 0 Å². The third-order valence-electron chi connectivity index (χ3n) is 7.18. The number of nitrogens with one attached hydrogen (secondary N) is 3. The van der Waals surface area contributed by atoms with E-state index >= 15 is 0 Å². The summed E-state index contributed by atoms with van der Waals surface area (Å²) in [6.07, 6.45) is 2.06. The Hall–Kier alpha value is -2.47. The van der Waals surface area contributed by atoms with Crippen LogP contribution in [-0.4, -0.2) is 46.2 Å². The van der Waals surface area contributed by atoms with Gasteiger partial charge in [0.15, 0.2) is 0 Å². The molecule has 212 valence electrons. The maximum absolute atomic E-state index is 13.7. The van der Waals surface area contributed by atoms with Gasteiger partial charge in [-0.05, 0) is 66.3 Å². The highest BCUT2D eigenvalue weighted by molar-refractivity contribution is 5.73. The Bertz CT molecular complexity index is 1020. The molecule has 0 bridgehead atoms. The summed E-state index contributed by atoms with van der Waals surface area (Å²) >= 11 is 0. The van der Waals surface area contributed by atoms with E-state index in [-0.39, 0.29) is 30.3 Å². The summed E-state index contributed by atoms with van der Waals surface area (Å²) < 4.78 is 27.4. The predicted octanol–water partition coefficient (Wildman–Crippen LogP) is 3.41. The Kier molecular flexibility index (Phi) is 11.8. The van der Waals surface area contributed by atoms with Crippen molar-refractivity contribution in [1.82, 2.24) is 16.1 Å². The molecule has 8 N–H and O–H groups in total. The van der Waals surface area contributed by atoms with Crippen molar-refractivity contribution in [2.45, 2.75) is 88.9 Å². The first-order valence-electron chi connectivity index (χ1n) is 12.8. The van der Waals surface area contributed by atoms with Crippen molar-refractivity contribution in [3.63, 3.8) is 0 Å². The molecule has 0 spiro atoms. The van der Waals surface area contributed by atoms with Crippen LogP contribution < -0.4 is 22.0 Å². The fourth-order valence-electron chi connectivity index (χ4n) is 5.06. The number of hydrogen-bond acceptors (Lipinski definition) is 7. The van der Waals surface area contributed by atoms with Gasteiger partial charge >= 0.3 is 0 Å². The van der Waals surface area contributed by atoms with Gasteiger partial charge in [-0.25, -0.2) is 20.2 Å². The minimum Gasteiger partial charge on any atom is -0.390 e. The summed E-state index contributed by atoms with van der Waals surface area (Å²) in [6.45, 7) is 8.00. The predicted molar refractivity (Wildman–Crippen MR) is 142 cm³/mol. The Morgan fingerprint density at radius 3 is 2.24 bits per heavy atom. The van der Waals surface area contributed by atoms with E-state index in [9.17, 15) is 23.9 Å². The first kappa shape index (κ1) is 31.7. The molecule has 0 unspecified atom stereocenters. The van der Waals surface area contributed by atoms with Gasteiger partial charge in [0, 0.05) is 31.1 Å². The molecule has 0 aromatic heterocycles. The monoisotopic (exact) mass is 536 g/mol. The molecule has 3 rings (SSSR count). The van der Waals surface area contributed by atoms with E-state index in [4.69, 9.17) is 5.21 Å². The van der Waals surface area contributed by atoms with Gasteiger partial charge < -0.3 is 26.2 Å². The lowest BCUT2D eigenvalue weighted by Crippen LogP contribution is -2.54. The summed E-state index contributed by atoms with van der Waals surface area (Å²) in [5.74, 6) is 1.76. The van der Waals surface area contributed by atoms with Crippen LogP contribution in [0.25, 0.3) is 0 Å². The number of hydroxylamine groups is 1. The molecule has 0 saturated heterocycles. The number of carbonyl (C=O) groups excluding carboxylic acids is 1. The summed E-state index contributed by atoms with van der Waals surface area (Å²) in [4.78, 5) is 11.9. The van der Waals surface area contributed by atoms with Crippen LogP contribution in [0.2, 0.25) is 0 Å². The molecular weight excluding hydrogens is 494 g/mol. The quantitative estimate of drug-likeness (QED) is 0.244. The van der Waals surface area contributed by atoms with Crippen molar-refractivity contribution in [2.75, 3.05) is 6.54 Å². The molecule has 2 aromatic carbocycles. The molecule has 10 heteroatoms. The van der Waals surface area contributed by atoms with Crippen LogP contribution in [0.5, 0.6) is 0 Å². The van der Waals surface area contributed by atoms with Crippen LogP contribution in [-0.2, 0) is 22.2 Å². The van der Waals surface area contributed by atoms with Gasteiger partial charge in [-0.1, -0.05) is 45.0 Å². The van der Waals surface area contributed by atoms with E-state index < -0.39 is 29.3 Å². The van der Waals surface area contributed by atoms with Crippen molar-refractivity contribution in [2.24, 2.45) is 5.90 Å². The molecule has 1 fully saturated rings. The van der Waals surface area contributed by atoms with Crippen molar-refractivity contribution in [3.8, 4) is 0 Å². The first-order chi connectivity index (χ1) is 17.9. The zero-order valence-electron chi connectivity index (χ0n) is 22.6. The molecule has 1 aliphatic carbocycles. The number of benzene rings is 2. The van der Waals surface area contributed by atoms with Crippen LogP contribution in [0.3, 0.4) is 0 Å². The van der Waals surface area contributed by atoms with Crippen LogP contribution in [0.15, 0.2) is 42.5 Å². The van der Waals surface area contributed by atoms with E-state index in [1.807, 2.05) is 6.07 Å². The fourth-order valence-corrected chi connectivity index (χ4v) is 5.06. The van der Waals surface area contributed by atoms with E-state index in [2.05, 4.69) is 61.0 Å². The average molecular weight is 537 g/mol. The Balaban J connectivity index is 0.00000247.